The highest BCUT2D eigenvalue weighted by Gasteiger charge is 2.65. The van der Waals surface area contributed by atoms with Crippen LogP contribution in [0.4, 0.5) is 0 Å². The molecule has 2 aliphatic rings. The predicted octanol–water partition coefficient (Wildman–Crippen LogP) is 1.54. The van der Waals surface area contributed by atoms with Gasteiger partial charge in [-0.25, -0.2) is 0 Å². The van der Waals surface area contributed by atoms with Crippen molar-refractivity contribution >= 4 is 5.91 Å². The van der Waals surface area contributed by atoms with E-state index in [1.54, 1.807) is 0 Å². The van der Waals surface area contributed by atoms with Gasteiger partial charge in [-0.2, -0.15) is 0 Å². The maximum absolute atomic E-state index is 12.2. The molecule has 3 heteroatoms. The minimum atomic E-state index is -0.200. The number of nitrogens with one attached hydrogen (secondary N) is 2. The summed E-state index contributed by atoms with van der Waals surface area (Å²) in [5, 5.41) is 6.51. The lowest BCUT2D eigenvalue weighted by atomic mass is 9.88. The summed E-state index contributed by atoms with van der Waals surface area (Å²) in [6, 6.07) is 0.324. The van der Waals surface area contributed by atoms with Crippen LogP contribution < -0.4 is 10.6 Å². The third kappa shape index (κ3) is 1.48. The highest BCUT2D eigenvalue weighted by atomic mass is 16.2. The Labute approximate surface area is 98.4 Å². The second-order valence-electron chi connectivity index (χ2n) is 6.84. The number of carbonyl (C=O) groups is 1. The van der Waals surface area contributed by atoms with Crippen LogP contribution in [-0.4, -0.2) is 25.0 Å². The molecule has 1 aliphatic carbocycles. The van der Waals surface area contributed by atoms with Gasteiger partial charge in [0.05, 0.1) is 5.41 Å². The van der Waals surface area contributed by atoms with Gasteiger partial charge in [-0.05, 0) is 30.7 Å². The first kappa shape index (κ1) is 11.9. The van der Waals surface area contributed by atoms with Crippen LogP contribution in [0, 0.1) is 16.2 Å². The van der Waals surface area contributed by atoms with Gasteiger partial charge in [-0.1, -0.05) is 27.7 Å². The molecule has 0 bridgehead atoms. The third-order valence-electron chi connectivity index (χ3n) is 5.21. The standard InChI is InChI=1S/C13H24N2O/c1-11(2)9(12(11,3)4)15-10(16)13(5)6-7-14-8-13/h9,14H,6-8H2,1-5H3,(H,15,16). The van der Waals surface area contributed by atoms with Crippen molar-refractivity contribution in [3.8, 4) is 0 Å². The molecule has 1 atom stereocenters. The summed E-state index contributed by atoms with van der Waals surface area (Å²) in [6.45, 7) is 12.7. The summed E-state index contributed by atoms with van der Waals surface area (Å²) in [7, 11) is 0. The lowest BCUT2D eigenvalue weighted by molar-refractivity contribution is -0.129. The minimum absolute atomic E-state index is 0.200. The molecule has 1 saturated carbocycles. The Morgan fingerprint density at radius 2 is 1.75 bits per heavy atom. The second kappa shape index (κ2) is 3.22. The minimum Gasteiger partial charge on any atom is -0.352 e. The van der Waals surface area contributed by atoms with Crippen molar-refractivity contribution in [2.75, 3.05) is 13.1 Å². The van der Waals surface area contributed by atoms with Gasteiger partial charge in [0.25, 0.3) is 0 Å². The molecule has 16 heavy (non-hydrogen) atoms. The molecule has 1 amide bonds. The Bertz CT molecular complexity index is 300. The molecule has 2 rings (SSSR count). The van der Waals surface area contributed by atoms with E-state index in [1.165, 1.54) is 0 Å². The molecule has 1 unspecified atom stereocenters. The Balaban J connectivity index is 2.00. The van der Waals surface area contributed by atoms with Gasteiger partial charge in [0.1, 0.15) is 0 Å². The number of hydrogen-bond acceptors (Lipinski definition) is 2. The van der Waals surface area contributed by atoms with E-state index < -0.39 is 0 Å². The Morgan fingerprint density at radius 1 is 1.19 bits per heavy atom. The average Bonchev–Trinajstić information content (AvgIpc) is 2.59. The predicted molar refractivity (Wildman–Crippen MR) is 65.1 cm³/mol. The van der Waals surface area contributed by atoms with Crippen LogP contribution >= 0.6 is 0 Å². The van der Waals surface area contributed by atoms with Gasteiger partial charge in [0.2, 0.25) is 5.91 Å². The molecule has 1 heterocycles. The molecule has 92 valence electrons. The molecule has 0 aromatic rings. The maximum atomic E-state index is 12.2. The van der Waals surface area contributed by atoms with Crippen molar-refractivity contribution in [1.82, 2.24) is 10.6 Å². The van der Waals surface area contributed by atoms with Crippen LogP contribution in [0.3, 0.4) is 0 Å². The van der Waals surface area contributed by atoms with Crippen molar-refractivity contribution in [3.63, 3.8) is 0 Å². The smallest absolute Gasteiger partial charge is 0.227 e. The fraction of sp³-hybridized carbons (Fsp3) is 0.923. The van der Waals surface area contributed by atoms with E-state index in [1.807, 2.05) is 0 Å². The Hall–Kier alpha value is -0.570. The number of amides is 1. The maximum Gasteiger partial charge on any atom is 0.227 e. The molecule has 0 aromatic heterocycles. The molecule has 0 aromatic carbocycles. The van der Waals surface area contributed by atoms with Gasteiger partial charge in [0, 0.05) is 12.6 Å². The monoisotopic (exact) mass is 224 g/mol. The van der Waals surface area contributed by atoms with Crippen LogP contribution in [-0.2, 0) is 4.79 Å². The van der Waals surface area contributed by atoms with Crippen molar-refractivity contribution in [2.45, 2.75) is 47.1 Å². The average molecular weight is 224 g/mol. The number of carbonyl (C=O) groups excluding carboxylic acids is 1. The molecule has 0 radical (unpaired) electrons. The van der Waals surface area contributed by atoms with Crippen LogP contribution in [0.1, 0.15) is 41.0 Å². The van der Waals surface area contributed by atoms with Gasteiger partial charge >= 0.3 is 0 Å². The van der Waals surface area contributed by atoms with Crippen molar-refractivity contribution in [3.05, 3.63) is 0 Å². The summed E-state index contributed by atoms with van der Waals surface area (Å²) in [5.41, 5.74) is 0.255. The summed E-state index contributed by atoms with van der Waals surface area (Å²) in [6.07, 6.45) is 0.951. The number of rotatable bonds is 2. The van der Waals surface area contributed by atoms with Gasteiger partial charge in [-0.3, -0.25) is 4.79 Å². The lowest BCUT2D eigenvalue weighted by Gasteiger charge is -2.22. The topological polar surface area (TPSA) is 41.1 Å². The fourth-order valence-electron chi connectivity index (χ4n) is 2.87. The first-order chi connectivity index (χ1) is 7.22. The van der Waals surface area contributed by atoms with Crippen molar-refractivity contribution < 1.29 is 4.79 Å². The van der Waals surface area contributed by atoms with Crippen LogP contribution in [0.15, 0.2) is 0 Å². The largest absolute Gasteiger partial charge is 0.352 e. The Morgan fingerprint density at radius 3 is 2.12 bits per heavy atom. The van der Waals surface area contributed by atoms with Crippen LogP contribution in [0.25, 0.3) is 0 Å². The molecular formula is C13H24N2O. The van der Waals surface area contributed by atoms with E-state index in [2.05, 4.69) is 45.3 Å². The lowest BCUT2D eigenvalue weighted by Crippen LogP contribution is -2.43. The van der Waals surface area contributed by atoms with Crippen LogP contribution in [0.2, 0.25) is 0 Å². The molecule has 1 saturated heterocycles. The zero-order chi connectivity index (χ0) is 12.2. The van der Waals surface area contributed by atoms with Gasteiger partial charge in [0.15, 0.2) is 0 Å². The highest BCUT2D eigenvalue weighted by Crippen LogP contribution is 2.62. The molecule has 0 spiro atoms. The summed E-state index contributed by atoms with van der Waals surface area (Å²) in [4.78, 5) is 12.2. The first-order valence-corrected chi connectivity index (χ1v) is 6.23. The normalized spacial score (nSPS) is 36.1. The fourth-order valence-corrected chi connectivity index (χ4v) is 2.87. The summed E-state index contributed by atoms with van der Waals surface area (Å²) < 4.78 is 0. The van der Waals surface area contributed by atoms with Crippen molar-refractivity contribution in [1.29, 1.82) is 0 Å². The van der Waals surface area contributed by atoms with E-state index in [0.717, 1.165) is 19.5 Å². The van der Waals surface area contributed by atoms with E-state index in [0.29, 0.717) is 6.04 Å². The summed E-state index contributed by atoms with van der Waals surface area (Å²) in [5.74, 6) is 0.223. The number of hydrogen-bond donors (Lipinski definition) is 2. The summed E-state index contributed by atoms with van der Waals surface area (Å²) >= 11 is 0. The molecule has 3 nitrogen and oxygen atoms in total. The van der Waals surface area contributed by atoms with E-state index in [4.69, 9.17) is 0 Å². The third-order valence-corrected chi connectivity index (χ3v) is 5.21. The highest BCUT2D eigenvalue weighted by molar-refractivity contribution is 5.83. The quantitative estimate of drug-likeness (QED) is 0.747. The molecular weight excluding hydrogens is 200 g/mol. The van der Waals surface area contributed by atoms with E-state index in [-0.39, 0.29) is 22.2 Å². The van der Waals surface area contributed by atoms with Crippen molar-refractivity contribution in [2.24, 2.45) is 16.2 Å². The van der Waals surface area contributed by atoms with E-state index >= 15 is 0 Å². The van der Waals surface area contributed by atoms with Gasteiger partial charge < -0.3 is 10.6 Å². The van der Waals surface area contributed by atoms with Crippen LogP contribution in [0.5, 0.6) is 0 Å². The Kier molecular flexibility index (Phi) is 2.40. The second-order valence-corrected chi connectivity index (χ2v) is 6.84. The SMILES string of the molecule is CC1(C(=O)NC2C(C)(C)C2(C)C)CCNC1. The zero-order valence-electron chi connectivity index (χ0n) is 11.1. The van der Waals surface area contributed by atoms with E-state index in [9.17, 15) is 4.79 Å². The van der Waals surface area contributed by atoms with Gasteiger partial charge in [-0.15, -0.1) is 0 Å². The first-order valence-electron chi connectivity index (χ1n) is 6.23. The molecule has 2 fully saturated rings. The molecule has 1 aliphatic heterocycles. The zero-order valence-corrected chi connectivity index (χ0v) is 11.1. The molecule has 2 N–H and O–H groups in total.